The van der Waals surface area contributed by atoms with Crippen LogP contribution in [0.2, 0.25) is 0 Å². The maximum atomic E-state index is 12.7. The predicted octanol–water partition coefficient (Wildman–Crippen LogP) is 4.97. The summed E-state index contributed by atoms with van der Waals surface area (Å²) >= 11 is 0. The summed E-state index contributed by atoms with van der Waals surface area (Å²) < 4.78 is 5.76. The summed E-state index contributed by atoms with van der Waals surface area (Å²) in [7, 11) is 0. The van der Waals surface area contributed by atoms with Gasteiger partial charge in [-0.25, -0.2) is 4.98 Å². The van der Waals surface area contributed by atoms with Gasteiger partial charge in [0.2, 0.25) is 0 Å². The summed E-state index contributed by atoms with van der Waals surface area (Å²) in [5.41, 5.74) is 6.57. The normalized spacial score (nSPS) is 14.0. The number of H-pyrrole nitrogens is 1. The Morgan fingerprint density at radius 2 is 1.73 bits per heavy atom. The lowest BCUT2D eigenvalue weighted by Crippen LogP contribution is -2.50. The van der Waals surface area contributed by atoms with Crippen molar-refractivity contribution < 1.29 is 9.53 Å². The molecule has 0 unspecified atom stereocenters. The average Bonchev–Trinajstić information content (AvgIpc) is 3.34. The number of imidazole rings is 1. The number of hydrogen-bond donors (Lipinski definition) is 1. The van der Waals surface area contributed by atoms with Crippen molar-refractivity contribution in [2.45, 2.75) is 13.8 Å². The van der Waals surface area contributed by atoms with Gasteiger partial charge in [0.1, 0.15) is 17.6 Å². The van der Waals surface area contributed by atoms with E-state index in [1.807, 2.05) is 66.4 Å². The van der Waals surface area contributed by atoms with E-state index in [1.54, 1.807) is 6.08 Å². The predicted molar refractivity (Wildman–Crippen MR) is 146 cm³/mol. The van der Waals surface area contributed by atoms with Crippen molar-refractivity contribution in [2.24, 2.45) is 0 Å². The molecule has 0 saturated carbocycles. The number of allylic oxidation sites excluding steroid dienone is 1. The molecule has 5 rings (SSSR count). The highest BCUT2D eigenvalue weighted by atomic mass is 16.5. The molecule has 1 aromatic heterocycles. The van der Waals surface area contributed by atoms with Crippen LogP contribution in [0.3, 0.4) is 0 Å². The number of aromatic nitrogens is 2. The molecule has 1 aliphatic rings. The molecule has 1 fully saturated rings. The maximum Gasteiger partial charge on any atom is 0.260 e. The van der Waals surface area contributed by atoms with Crippen LogP contribution in [0.25, 0.3) is 22.7 Å². The van der Waals surface area contributed by atoms with Crippen molar-refractivity contribution in [3.63, 3.8) is 0 Å². The van der Waals surface area contributed by atoms with E-state index in [9.17, 15) is 10.1 Å². The first-order chi connectivity index (χ1) is 18.0. The van der Waals surface area contributed by atoms with E-state index in [-0.39, 0.29) is 12.5 Å². The van der Waals surface area contributed by atoms with Crippen LogP contribution in [0.1, 0.15) is 22.5 Å². The van der Waals surface area contributed by atoms with Gasteiger partial charge in [-0.05, 0) is 73.0 Å². The van der Waals surface area contributed by atoms with Crippen LogP contribution in [-0.2, 0) is 4.79 Å². The van der Waals surface area contributed by atoms with Gasteiger partial charge in [-0.1, -0.05) is 30.3 Å². The highest BCUT2D eigenvalue weighted by Crippen LogP contribution is 2.23. The Hall–Kier alpha value is -4.57. The number of anilines is 1. The number of aromatic amines is 1. The summed E-state index contributed by atoms with van der Waals surface area (Å²) in [6.07, 6.45) is 1.79. The van der Waals surface area contributed by atoms with Crippen molar-refractivity contribution in [2.75, 3.05) is 37.7 Å². The minimum atomic E-state index is -0.0150. The van der Waals surface area contributed by atoms with Gasteiger partial charge in [-0.2, -0.15) is 5.26 Å². The number of aryl methyl sites for hydroxylation is 2. The molecular formula is C30H29N5O2. The Kier molecular flexibility index (Phi) is 6.91. The van der Waals surface area contributed by atoms with Gasteiger partial charge in [0.05, 0.1) is 16.6 Å². The van der Waals surface area contributed by atoms with Crippen LogP contribution >= 0.6 is 0 Å². The molecular weight excluding hydrogens is 462 g/mol. The Labute approximate surface area is 216 Å². The van der Waals surface area contributed by atoms with E-state index >= 15 is 0 Å². The van der Waals surface area contributed by atoms with Crippen LogP contribution in [0.15, 0.2) is 66.7 Å². The second kappa shape index (κ2) is 10.6. The molecule has 3 aromatic carbocycles. The van der Waals surface area contributed by atoms with Crippen LogP contribution in [0.5, 0.6) is 5.75 Å². The molecule has 0 spiro atoms. The Morgan fingerprint density at radius 3 is 2.43 bits per heavy atom. The zero-order valence-corrected chi connectivity index (χ0v) is 21.1. The number of carbonyl (C=O) groups is 1. The van der Waals surface area contributed by atoms with E-state index in [1.165, 1.54) is 11.3 Å². The molecule has 1 N–H and O–H groups in total. The number of nitrogens with one attached hydrogen (secondary N) is 1. The zero-order valence-electron chi connectivity index (χ0n) is 21.1. The molecule has 0 aliphatic carbocycles. The number of benzene rings is 3. The summed E-state index contributed by atoms with van der Waals surface area (Å²) in [5.74, 6) is 1.14. The summed E-state index contributed by atoms with van der Waals surface area (Å²) in [6.45, 7) is 7.08. The maximum absolute atomic E-state index is 12.7. The first-order valence-electron chi connectivity index (χ1n) is 12.4. The molecule has 2 heterocycles. The Bertz CT molecular complexity index is 1440. The number of para-hydroxylation sites is 1. The Morgan fingerprint density at radius 1 is 1.03 bits per heavy atom. The molecule has 4 aromatic rings. The summed E-state index contributed by atoms with van der Waals surface area (Å²) in [5, 5.41) is 9.73. The number of nitriles is 1. The van der Waals surface area contributed by atoms with E-state index in [2.05, 4.69) is 40.0 Å². The summed E-state index contributed by atoms with van der Waals surface area (Å²) in [6, 6.07) is 23.9. The average molecular weight is 492 g/mol. The molecule has 37 heavy (non-hydrogen) atoms. The van der Waals surface area contributed by atoms with Gasteiger partial charge >= 0.3 is 0 Å². The third-order valence-corrected chi connectivity index (χ3v) is 6.78. The van der Waals surface area contributed by atoms with Crippen LogP contribution in [-0.4, -0.2) is 53.6 Å². The molecule has 186 valence electrons. The fourth-order valence-corrected chi connectivity index (χ4v) is 4.47. The van der Waals surface area contributed by atoms with Gasteiger partial charge in [-0.15, -0.1) is 0 Å². The molecule has 0 atom stereocenters. The molecule has 7 nitrogen and oxygen atoms in total. The number of rotatable bonds is 6. The number of piperazine rings is 1. The SMILES string of the molecule is Cc1cc2nc(/C(C#N)=C/c3ccc(OCC(=O)N4CCN(c5ccccc5)CC4)cc3)[nH]c2cc1C. The third-order valence-electron chi connectivity index (χ3n) is 6.78. The van der Waals surface area contributed by atoms with Crippen molar-refractivity contribution in [3.8, 4) is 11.8 Å². The molecule has 1 amide bonds. The fourth-order valence-electron chi connectivity index (χ4n) is 4.47. The highest BCUT2D eigenvalue weighted by Gasteiger charge is 2.21. The van der Waals surface area contributed by atoms with Gasteiger partial charge in [0.15, 0.2) is 6.61 Å². The number of nitrogens with zero attached hydrogens (tertiary/aromatic N) is 4. The van der Waals surface area contributed by atoms with E-state index in [0.29, 0.717) is 30.2 Å². The number of carbonyl (C=O) groups excluding carboxylic acids is 1. The molecule has 1 saturated heterocycles. The van der Waals surface area contributed by atoms with Gasteiger partial charge < -0.3 is 19.5 Å². The Balaban J connectivity index is 1.17. The monoisotopic (exact) mass is 491 g/mol. The molecule has 7 heteroatoms. The van der Waals surface area contributed by atoms with Gasteiger partial charge in [0, 0.05) is 31.9 Å². The minimum absolute atomic E-state index is 0.00177. The lowest BCUT2D eigenvalue weighted by molar-refractivity contribution is -0.133. The largest absolute Gasteiger partial charge is 0.484 e. The van der Waals surface area contributed by atoms with Gasteiger partial charge in [0.25, 0.3) is 5.91 Å². The lowest BCUT2D eigenvalue weighted by Gasteiger charge is -2.36. The van der Waals surface area contributed by atoms with E-state index in [0.717, 1.165) is 35.2 Å². The summed E-state index contributed by atoms with van der Waals surface area (Å²) in [4.78, 5) is 24.7. The van der Waals surface area contributed by atoms with Crippen LogP contribution < -0.4 is 9.64 Å². The van der Waals surface area contributed by atoms with Crippen LogP contribution in [0.4, 0.5) is 5.69 Å². The van der Waals surface area contributed by atoms with Crippen LogP contribution in [0, 0.1) is 25.2 Å². The smallest absolute Gasteiger partial charge is 0.260 e. The third kappa shape index (κ3) is 5.49. The first-order valence-corrected chi connectivity index (χ1v) is 12.4. The number of ether oxygens (including phenoxy) is 1. The number of hydrogen-bond acceptors (Lipinski definition) is 5. The first kappa shape index (κ1) is 24.1. The minimum Gasteiger partial charge on any atom is -0.484 e. The van der Waals surface area contributed by atoms with E-state index in [4.69, 9.17) is 4.74 Å². The zero-order chi connectivity index (χ0) is 25.8. The molecule has 0 bridgehead atoms. The standard InChI is InChI=1S/C30H29N5O2/c1-21-16-27-28(17-22(21)2)33-30(32-27)24(19-31)18-23-8-10-26(11-9-23)37-20-29(36)35-14-12-34(13-15-35)25-6-4-3-5-7-25/h3-11,16-18H,12-15,20H2,1-2H3,(H,32,33)/b24-18+. The van der Waals surface area contributed by atoms with Crippen molar-refractivity contribution >= 4 is 34.3 Å². The number of amides is 1. The second-order valence-corrected chi connectivity index (χ2v) is 9.27. The topological polar surface area (TPSA) is 85.2 Å². The second-order valence-electron chi connectivity index (χ2n) is 9.27. The van der Waals surface area contributed by atoms with Crippen molar-refractivity contribution in [1.29, 1.82) is 5.26 Å². The quantitative estimate of drug-likeness (QED) is 0.385. The van der Waals surface area contributed by atoms with E-state index < -0.39 is 0 Å². The lowest BCUT2D eigenvalue weighted by atomic mass is 10.1. The van der Waals surface area contributed by atoms with Crippen molar-refractivity contribution in [3.05, 3.63) is 89.2 Å². The highest BCUT2D eigenvalue weighted by molar-refractivity contribution is 5.90. The molecule has 0 radical (unpaired) electrons. The van der Waals surface area contributed by atoms with Gasteiger partial charge in [-0.3, -0.25) is 4.79 Å². The fraction of sp³-hybridized carbons (Fsp3) is 0.233. The molecule has 1 aliphatic heterocycles. The number of fused-ring (bicyclic) bond motifs is 1. The van der Waals surface area contributed by atoms with Crippen molar-refractivity contribution in [1.82, 2.24) is 14.9 Å².